The fourth-order valence-corrected chi connectivity index (χ4v) is 8.18. The lowest BCUT2D eigenvalue weighted by Gasteiger charge is -2.48. The summed E-state index contributed by atoms with van der Waals surface area (Å²) in [5.74, 6) is 0.323. The first kappa shape index (κ1) is 39.0. The molecule has 9 rings (SSSR count). The van der Waals surface area contributed by atoms with Gasteiger partial charge in [0.05, 0.1) is 28.9 Å². The number of H-pyrrole nitrogens is 1. The van der Waals surface area contributed by atoms with Crippen molar-refractivity contribution in [3.8, 4) is 16.9 Å². The van der Waals surface area contributed by atoms with Crippen LogP contribution in [0.4, 0.5) is 19.9 Å². The Labute approximate surface area is 315 Å². The second kappa shape index (κ2) is 16.8. The van der Waals surface area contributed by atoms with Crippen molar-refractivity contribution in [3.63, 3.8) is 0 Å². The van der Waals surface area contributed by atoms with E-state index in [0.717, 1.165) is 84.3 Å². The van der Waals surface area contributed by atoms with E-state index in [1.54, 1.807) is 17.0 Å². The van der Waals surface area contributed by atoms with E-state index in [1.165, 1.54) is 12.1 Å². The molecule has 1 unspecified atom stereocenters. The Morgan fingerprint density at radius 1 is 0.964 bits per heavy atom. The average Bonchev–Trinajstić information content (AvgIpc) is 3.58. The molecule has 0 aliphatic carbocycles. The molecule has 3 aliphatic rings. The molecule has 3 saturated heterocycles. The number of hydrogen-bond donors (Lipinski definition) is 5. The lowest BCUT2D eigenvalue weighted by Crippen LogP contribution is -2.59. The van der Waals surface area contributed by atoms with Crippen molar-refractivity contribution in [3.05, 3.63) is 118 Å². The fourth-order valence-electron chi connectivity index (χ4n) is 8.18. The molecule has 0 saturated carbocycles. The minimum atomic E-state index is -0.900. The van der Waals surface area contributed by atoms with E-state index in [2.05, 4.69) is 43.7 Å². The number of aliphatic hydroxyl groups excluding tert-OH is 1. The highest BCUT2D eigenvalue weighted by Gasteiger charge is 2.41. The van der Waals surface area contributed by atoms with E-state index >= 15 is 0 Å². The molecule has 2 bridgehead atoms. The number of halogens is 2. The van der Waals surface area contributed by atoms with Crippen LogP contribution in [-0.4, -0.2) is 78.5 Å². The fraction of sp³-hybridized carbons (Fsp3) is 0.317. The molecular weight excluding hydrogens is 708 g/mol. The Hall–Kier alpha value is -5.70. The van der Waals surface area contributed by atoms with Crippen molar-refractivity contribution in [1.82, 2.24) is 30.2 Å². The number of hydrogen-bond acceptors (Lipinski definition) is 8. The molecule has 12 nitrogen and oxygen atoms in total. The molecule has 5 heterocycles. The Morgan fingerprint density at radius 2 is 1.75 bits per heavy atom. The third-order valence-electron chi connectivity index (χ3n) is 10.9. The van der Waals surface area contributed by atoms with E-state index in [1.807, 2.05) is 53.2 Å². The summed E-state index contributed by atoms with van der Waals surface area (Å²) in [7, 11) is 0. The second-order valence-corrected chi connectivity index (χ2v) is 14.2. The van der Waals surface area contributed by atoms with Gasteiger partial charge >= 0.3 is 6.09 Å². The van der Waals surface area contributed by atoms with Crippen LogP contribution in [0.25, 0.3) is 33.1 Å². The molecule has 3 fully saturated rings. The van der Waals surface area contributed by atoms with Gasteiger partial charge in [-0.2, -0.15) is 0 Å². The van der Waals surface area contributed by atoms with Crippen LogP contribution in [-0.2, 0) is 19.5 Å². The molecular formula is C41H45F2N7O5. The van der Waals surface area contributed by atoms with Gasteiger partial charge in [-0.3, -0.25) is 19.1 Å². The van der Waals surface area contributed by atoms with Gasteiger partial charge in [-0.15, -0.1) is 5.10 Å². The predicted octanol–water partition coefficient (Wildman–Crippen LogP) is 5.99. The molecule has 5 N–H and O–H groups in total. The number of aromatic nitrogens is 4. The van der Waals surface area contributed by atoms with Gasteiger partial charge in [0, 0.05) is 43.2 Å². The molecule has 288 valence electrons. The normalized spacial score (nSPS) is 18.1. The SMILES string of the molecule is F.F.O=C(O)N(c1cc(CCCn2nnc3cc(CNC[C@H](O)c4ccc(O)c5[nH]c(=O)ccc45)ccc32)ccc1-c1ccccc1)C1CN2CCC1CC2. The number of aromatic hydroxyl groups is 1. The number of aromatic amines is 1. The molecule has 4 aromatic carbocycles. The zero-order chi connectivity index (χ0) is 36.5. The van der Waals surface area contributed by atoms with Crippen molar-refractivity contribution in [2.75, 3.05) is 31.1 Å². The number of aliphatic hydroxyl groups is 1. The number of rotatable bonds is 12. The zero-order valence-electron chi connectivity index (χ0n) is 30.2. The zero-order valence-corrected chi connectivity index (χ0v) is 30.2. The summed E-state index contributed by atoms with van der Waals surface area (Å²) in [6, 6.07) is 28.4. The number of phenols is 1. The Morgan fingerprint density at radius 3 is 2.49 bits per heavy atom. The number of nitrogens with zero attached hydrogens (tertiary/aromatic N) is 5. The molecule has 2 aromatic heterocycles. The number of fused-ring (bicyclic) bond motifs is 5. The summed E-state index contributed by atoms with van der Waals surface area (Å²) in [6.07, 6.45) is 1.87. The molecule has 2 atom stereocenters. The van der Waals surface area contributed by atoms with Gasteiger partial charge in [0.15, 0.2) is 0 Å². The number of aryl methyl sites for hydroxylation is 2. The molecule has 1 amide bonds. The van der Waals surface area contributed by atoms with Crippen molar-refractivity contribution in [2.24, 2.45) is 5.92 Å². The Balaban J connectivity index is 0.00000257. The number of benzene rings is 4. The first-order valence-corrected chi connectivity index (χ1v) is 18.3. The number of piperidine rings is 3. The summed E-state index contributed by atoms with van der Waals surface area (Å²) in [5.41, 5.74) is 7.07. The highest BCUT2D eigenvalue weighted by molar-refractivity contribution is 5.94. The average molecular weight is 754 g/mol. The summed E-state index contributed by atoms with van der Waals surface area (Å²) >= 11 is 0. The van der Waals surface area contributed by atoms with Crippen LogP contribution >= 0.6 is 0 Å². The standard InChI is InChI=1S/C41H43N7O5.2FH/c49-37-14-11-31(32-12-15-39(51)43-40(32)37)38(50)24-42-23-27-9-13-34-33(21-27)44-45-47(34)18-4-5-26-8-10-30(28-6-2-1-3-7-28)35(22-26)48(41(52)53)36-25-46-19-16-29(36)17-20-46;;/h1-3,6-15,21-22,29,36,38,42,49-50H,4-5,16-20,23-25H2,(H,43,51)(H,52,53);2*1H/t36?,38-;;/m0../s1. The number of amides is 1. The van der Waals surface area contributed by atoms with Gasteiger partial charge in [0.2, 0.25) is 5.56 Å². The van der Waals surface area contributed by atoms with Gasteiger partial charge in [-0.1, -0.05) is 59.8 Å². The summed E-state index contributed by atoms with van der Waals surface area (Å²) in [6.45, 7) is 4.29. The van der Waals surface area contributed by atoms with Gasteiger partial charge in [0.1, 0.15) is 11.3 Å². The Bertz CT molecular complexity index is 2330. The van der Waals surface area contributed by atoms with Gasteiger partial charge in [0.25, 0.3) is 0 Å². The number of pyridine rings is 1. The number of nitrogens with one attached hydrogen (secondary N) is 2. The van der Waals surface area contributed by atoms with E-state index in [-0.39, 0.29) is 33.3 Å². The van der Waals surface area contributed by atoms with Crippen molar-refractivity contribution in [2.45, 2.75) is 50.9 Å². The number of carbonyl (C=O) groups is 1. The molecule has 14 heteroatoms. The third-order valence-corrected chi connectivity index (χ3v) is 10.9. The van der Waals surface area contributed by atoms with Crippen LogP contribution in [0, 0.1) is 5.92 Å². The lowest BCUT2D eigenvalue weighted by molar-refractivity contribution is 0.0837. The lowest BCUT2D eigenvalue weighted by atomic mass is 9.82. The number of anilines is 1. The van der Waals surface area contributed by atoms with E-state index < -0.39 is 12.2 Å². The maximum atomic E-state index is 13.0. The second-order valence-electron chi connectivity index (χ2n) is 14.2. The molecule has 0 spiro atoms. The topological polar surface area (TPSA) is 160 Å². The first-order chi connectivity index (χ1) is 25.8. The molecule has 0 radical (unpaired) electrons. The summed E-state index contributed by atoms with van der Waals surface area (Å²) in [5, 5.41) is 44.4. The first-order valence-electron chi connectivity index (χ1n) is 18.3. The van der Waals surface area contributed by atoms with Gasteiger partial charge in [-0.25, -0.2) is 9.48 Å². The highest BCUT2D eigenvalue weighted by Crippen LogP contribution is 2.39. The van der Waals surface area contributed by atoms with Gasteiger partial charge in [-0.05, 0) is 97.3 Å². The molecule has 3 aliphatic heterocycles. The van der Waals surface area contributed by atoms with Crippen LogP contribution < -0.4 is 15.8 Å². The van der Waals surface area contributed by atoms with Crippen LogP contribution in [0.15, 0.2) is 95.8 Å². The summed E-state index contributed by atoms with van der Waals surface area (Å²) in [4.78, 5) is 31.4. The maximum Gasteiger partial charge on any atom is 0.412 e. The minimum Gasteiger partial charge on any atom is -0.506 e. The number of carboxylic acid groups (broad SMARTS) is 1. The molecule has 6 aromatic rings. The van der Waals surface area contributed by atoms with E-state index in [0.29, 0.717) is 35.5 Å². The van der Waals surface area contributed by atoms with Crippen LogP contribution in [0.1, 0.15) is 42.1 Å². The van der Waals surface area contributed by atoms with Crippen LogP contribution in [0.5, 0.6) is 5.75 Å². The van der Waals surface area contributed by atoms with Crippen molar-refractivity contribution in [1.29, 1.82) is 0 Å². The van der Waals surface area contributed by atoms with Crippen molar-refractivity contribution < 1.29 is 29.5 Å². The summed E-state index contributed by atoms with van der Waals surface area (Å²) < 4.78 is 1.91. The third kappa shape index (κ3) is 8.07. The van der Waals surface area contributed by atoms with Crippen molar-refractivity contribution >= 4 is 33.7 Å². The predicted molar refractivity (Wildman–Crippen MR) is 209 cm³/mol. The number of phenolic OH excluding ortho intramolecular Hbond substituents is 1. The molecule has 55 heavy (non-hydrogen) atoms. The van der Waals surface area contributed by atoms with Crippen LogP contribution in [0.3, 0.4) is 0 Å². The smallest absolute Gasteiger partial charge is 0.412 e. The minimum absolute atomic E-state index is 0. The maximum absolute atomic E-state index is 13.0. The van der Waals surface area contributed by atoms with E-state index in [9.17, 15) is 24.9 Å². The van der Waals surface area contributed by atoms with Crippen LogP contribution in [0.2, 0.25) is 0 Å². The van der Waals surface area contributed by atoms with E-state index in [4.69, 9.17) is 0 Å². The monoisotopic (exact) mass is 753 g/mol. The highest BCUT2D eigenvalue weighted by atomic mass is 19.0. The quantitative estimate of drug-likeness (QED) is 0.101. The Kier molecular flexibility index (Phi) is 11.9. The largest absolute Gasteiger partial charge is 0.506 e. The van der Waals surface area contributed by atoms with Gasteiger partial charge < -0.3 is 30.5 Å².